The van der Waals surface area contributed by atoms with Crippen LogP contribution in [0, 0.1) is 0 Å². The van der Waals surface area contributed by atoms with Crippen molar-refractivity contribution < 1.29 is 9.53 Å². The van der Waals surface area contributed by atoms with E-state index in [-0.39, 0.29) is 12.5 Å². The number of halogens is 1. The average molecular weight is 381 g/mol. The number of hydrogen-bond donors (Lipinski definition) is 2. The van der Waals surface area contributed by atoms with E-state index in [0.717, 1.165) is 17.9 Å². The zero-order valence-corrected chi connectivity index (χ0v) is 15.6. The van der Waals surface area contributed by atoms with E-state index in [1.807, 2.05) is 60.7 Å². The Labute approximate surface area is 164 Å². The van der Waals surface area contributed by atoms with E-state index < -0.39 is 0 Å². The predicted octanol–water partition coefficient (Wildman–Crippen LogP) is 5.01. The van der Waals surface area contributed by atoms with Crippen molar-refractivity contribution in [2.45, 2.75) is 6.42 Å². The lowest BCUT2D eigenvalue weighted by atomic mass is 10.2. The van der Waals surface area contributed by atoms with E-state index in [0.29, 0.717) is 17.3 Å². The summed E-state index contributed by atoms with van der Waals surface area (Å²) in [4.78, 5) is 12.1. The van der Waals surface area contributed by atoms with Gasteiger partial charge in [-0.05, 0) is 29.8 Å². The second kappa shape index (κ2) is 9.64. The summed E-state index contributed by atoms with van der Waals surface area (Å²) in [7, 11) is 0. The Hall–Kier alpha value is -2.98. The minimum Gasteiger partial charge on any atom is -0.493 e. The van der Waals surface area contributed by atoms with E-state index in [1.165, 1.54) is 5.56 Å². The average Bonchev–Trinajstić information content (AvgIpc) is 2.68. The predicted molar refractivity (Wildman–Crippen MR) is 111 cm³/mol. The highest BCUT2D eigenvalue weighted by Gasteiger charge is 2.05. The Morgan fingerprint density at radius 1 is 0.926 bits per heavy atom. The molecular formula is C22H21ClN2O2. The van der Waals surface area contributed by atoms with Crippen LogP contribution in [0.1, 0.15) is 5.56 Å². The van der Waals surface area contributed by atoms with Crippen LogP contribution in [0.15, 0.2) is 78.9 Å². The molecule has 0 aliphatic carbocycles. The number of carbonyl (C=O) groups excluding carboxylic acids is 1. The van der Waals surface area contributed by atoms with Gasteiger partial charge in [0.05, 0.1) is 23.9 Å². The van der Waals surface area contributed by atoms with Crippen molar-refractivity contribution in [1.82, 2.24) is 0 Å². The molecule has 0 aliphatic heterocycles. The number of hydrogen-bond acceptors (Lipinski definition) is 3. The molecule has 3 rings (SSSR count). The van der Waals surface area contributed by atoms with Gasteiger partial charge in [0.15, 0.2) is 0 Å². The minimum atomic E-state index is -0.156. The van der Waals surface area contributed by atoms with Gasteiger partial charge in [0.2, 0.25) is 5.91 Å². The Morgan fingerprint density at radius 3 is 2.52 bits per heavy atom. The third-order valence-corrected chi connectivity index (χ3v) is 4.26. The Morgan fingerprint density at radius 2 is 1.70 bits per heavy atom. The van der Waals surface area contributed by atoms with Crippen molar-refractivity contribution >= 4 is 28.9 Å². The van der Waals surface area contributed by atoms with Crippen molar-refractivity contribution in [2.75, 3.05) is 23.8 Å². The molecule has 0 bridgehead atoms. The molecule has 5 heteroatoms. The number of amides is 1. The van der Waals surface area contributed by atoms with Crippen molar-refractivity contribution in [2.24, 2.45) is 0 Å². The number of anilines is 2. The Balaban J connectivity index is 1.48. The summed E-state index contributed by atoms with van der Waals surface area (Å²) in [6, 6.07) is 24.9. The summed E-state index contributed by atoms with van der Waals surface area (Å²) in [5, 5.41) is 6.46. The van der Waals surface area contributed by atoms with Gasteiger partial charge in [0.25, 0.3) is 0 Å². The van der Waals surface area contributed by atoms with Crippen LogP contribution in [0.2, 0.25) is 5.02 Å². The Kier molecular flexibility index (Phi) is 6.72. The second-order valence-electron chi connectivity index (χ2n) is 5.99. The molecular weight excluding hydrogens is 360 g/mol. The maximum Gasteiger partial charge on any atom is 0.243 e. The third-order valence-electron chi connectivity index (χ3n) is 3.93. The van der Waals surface area contributed by atoms with E-state index in [4.69, 9.17) is 16.3 Å². The number of ether oxygens (including phenoxy) is 1. The van der Waals surface area contributed by atoms with Gasteiger partial charge in [-0.1, -0.05) is 60.1 Å². The van der Waals surface area contributed by atoms with Gasteiger partial charge in [-0.25, -0.2) is 0 Å². The molecule has 1 amide bonds. The van der Waals surface area contributed by atoms with Crippen LogP contribution in [-0.2, 0) is 11.2 Å². The third kappa shape index (κ3) is 6.04. The first-order chi connectivity index (χ1) is 13.2. The molecule has 2 N–H and O–H groups in total. The fourth-order valence-electron chi connectivity index (χ4n) is 2.58. The highest BCUT2D eigenvalue weighted by molar-refractivity contribution is 6.33. The molecule has 3 aromatic rings. The number of benzene rings is 3. The van der Waals surface area contributed by atoms with E-state index in [9.17, 15) is 4.79 Å². The smallest absolute Gasteiger partial charge is 0.243 e. The van der Waals surface area contributed by atoms with Gasteiger partial charge in [-0.15, -0.1) is 0 Å². The molecule has 0 saturated carbocycles. The van der Waals surface area contributed by atoms with Crippen LogP contribution in [-0.4, -0.2) is 19.1 Å². The van der Waals surface area contributed by atoms with Crippen molar-refractivity contribution in [3.8, 4) is 5.75 Å². The van der Waals surface area contributed by atoms with Crippen LogP contribution < -0.4 is 15.4 Å². The van der Waals surface area contributed by atoms with Crippen LogP contribution >= 0.6 is 11.6 Å². The maximum absolute atomic E-state index is 12.1. The maximum atomic E-state index is 12.1. The van der Waals surface area contributed by atoms with Crippen LogP contribution in [0.25, 0.3) is 0 Å². The molecule has 4 nitrogen and oxygen atoms in total. The molecule has 0 heterocycles. The molecule has 0 aliphatic rings. The number of rotatable bonds is 8. The lowest BCUT2D eigenvalue weighted by molar-refractivity contribution is -0.114. The normalized spacial score (nSPS) is 10.3. The summed E-state index contributed by atoms with van der Waals surface area (Å²) in [6.45, 7) is 0.707. The lowest BCUT2D eigenvalue weighted by Gasteiger charge is -2.11. The Bertz CT molecular complexity index is 884. The molecule has 3 aromatic carbocycles. The second-order valence-corrected chi connectivity index (χ2v) is 6.40. The fraction of sp³-hybridized carbons (Fsp3) is 0.136. The van der Waals surface area contributed by atoms with Gasteiger partial charge in [0.1, 0.15) is 5.75 Å². The molecule has 0 spiro atoms. The van der Waals surface area contributed by atoms with Gasteiger partial charge < -0.3 is 15.4 Å². The monoisotopic (exact) mass is 380 g/mol. The summed E-state index contributed by atoms with van der Waals surface area (Å²) in [5.41, 5.74) is 2.65. The molecule has 0 unspecified atom stereocenters. The molecule has 0 atom stereocenters. The SMILES string of the molecule is O=C(CNc1ccccc1Cl)Nc1cccc(OCCc2ccccc2)c1. The molecule has 0 saturated heterocycles. The first kappa shape index (κ1) is 18.8. The molecule has 138 valence electrons. The highest BCUT2D eigenvalue weighted by Crippen LogP contribution is 2.20. The zero-order chi connectivity index (χ0) is 18.9. The van der Waals surface area contributed by atoms with Crippen LogP contribution in [0.4, 0.5) is 11.4 Å². The van der Waals surface area contributed by atoms with Gasteiger partial charge in [0, 0.05) is 18.2 Å². The first-order valence-corrected chi connectivity index (χ1v) is 9.13. The van der Waals surface area contributed by atoms with E-state index >= 15 is 0 Å². The minimum absolute atomic E-state index is 0.128. The van der Waals surface area contributed by atoms with Crippen molar-refractivity contribution in [3.63, 3.8) is 0 Å². The van der Waals surface area contributed by atoms with Crippen LogP contribution in [0.3, 0.4) is 0 Å². The highest BCUT2D eigenvalue weighted by atomic mass is 35.5. The van der Waals surface area contributed by atoms with Gasteiger partial charge >= 0.3 is 0 Å². The number of nitrogens with one attached hydrogen (secondary N) is 2. The molecule has 0 radical (unpaired) electrons. The standard InChI is InChI=1S/C22H21ClN2O2/c23-20-11-4-5-12-21(20)24-16-22(26)25-18-9-6-10-19(15-18)27-14-13-17-7-2-1-3-8-17/h1-12,15,24H,13-14,16H2,(H,25,26). The number of para-hydroxylation sites is 1. The van der Waals surface area contributed by atoms with Gasteiger partial charge in [-0.3, -0.25) is 4.79 Å². The quantitative estimate of drug-likeness (QED) is 0.577. The van der Waals surface area contributed by atoms with E-state index in [2.05, 4.69) is 22.8 Å². The van der Waals surface area contributed by atoms with Crippen LogP contribution in [0.5, 0.6) is 5.75 Å². The summed E-state index contributed by atoms with van der Waals surface area (Å²) < 4.78 is 5.79. The molecule has 0 aromatic heterocycles. The molecule has 0 fully saturated rings. The first-order valence-electron chi connectivity index (χ1n) is 8.76. The topological polar surface area (TPSA) is 50.4 Å². The summed E-state index contributed by atoms with van der Waals surface area (Å²) >= 11 is 6.07. The van der Waals surface area contributed by atoms with Gasteiger partial charge in [-0.2, -0.15) is 0 Å². The van der Waals surface area contributed by atoms with E-state index in [1.54, 1.807) is 6.07 Å². The zero-order valence-electron chi connectivity index (χ0n) is 14.8. The van der Waals surface area contributed by atoms with Crippen molar-refractivity contribution in [1.29, 1.82) is 0 Å². The summed E-state index contributed by atoms with van der Waals surface area (Å²) in [5.74, 6) is 0.569. The molecule has 27 heavy (non-hydrogen) atoms. The lowest BCUT2D eigenvalue weighted by Crippen LogP contribution is -2.21. The fourth-order valence-corrected chi connectivity index (χ4v) is 2.78. The largest absolute Gasteiger partial charge is 0.493 e. The summed E-state index contributed by atoms with van der Waals surface area (Å²) in [6.07, 6.45) is 0.833. The number of carbonyl (C=O) groups is 1. The van der Waals surface area contributed by atoms with Crippen molar-refractivity contribution in [3.05, 3.63) is 89.4 Å².